The molecule has 2 atom stereocenters. The van der Waals surface area contributed by atoms with Crippen LogP contribution in [0.5, 0.6) is 0 Å². The third-order valence-corrected chi connectivity index (χ3v) is 2.90. The summed E-state index contributed by atoms with van der Waals surface area (Å²) < 4.78 is 25.0. The molecule has 0 aromatic heterocycles. The van der Waals surface area contributed by atoms with Gasteiger partial charge in [-0.05, 0) is 18.7 Å². The minimum atomic E-state index is -2.49. The quantitative estimate of drug-likeness (QED) is 0.551. The zero-order valence-corrected chi connectivity index (χ0v) is 5.87. The lowest BCUT2D eigenvalue weighted by atomic mass is 9.70. The van der Waals surface area contributed by atoms with Gasteiger partial charge in [0.25, 0.3) is 5.92 Å². The molecule has 2 fully saturated rings. The van der Waals surface area contributed by atoms with Crippen molar-refractivity contribution in [3.05, 3.63) is 0 Å². The number of fused-ring (bicyclic) bond motifs is 1. The van der Waals surface area contributed by atoms with Gasteiger partial charge < -0.3 is 10.0 Å². The highest BCUT2D eigenvalue weighted by Gasteiger charge is 2.72. The van der Waals surface area contributed by atoms with Gasteiger partial charge in [0.2, 0.25) is 0 Å². The maximum Gasteiger partial charge on any atom is 0.454 e. The summed E-state index contributed by atoms with van der Waals surface area (Å²) in [5, 5.41) is 17.3. The SMILES string of the molecule is OB(O)C1CC2C(C1)C2(F)F. The largest absolute Gasteiger partial charge is 0.454 e. The average Bonchev–Trinajstić information content (AvgIpc) is 2.28. The van der Waals surface area contributed by atoms with E-state index in [4.69, 9.17) is 10.0 Å². The molecule has 2 unspecified atom stereocenters. The fourth-order valence-corrected chi connectivity index (χ4v) is 2.10. The van der Waals surface area contributed by atoms with Gasteiger partial charge in [0.15, 0.2) is 0 Å². The molecule has 5 heteroatoms. The maximum atomic E-state index is 12.5. The molecule has 11 heavy (non-hydrogen) atoms. The van der Waals surface area contributed by atoms with Gasteiger partial charge in [-0.1, -0.05) is 0 Å². The monoisotopic (exact) mass is 162 g/mol. The second kappa shape index (κ2) is 1.96. The number of hydrogen-bond donors (Lipinski definition) is 2. The first kappa shape index (κ1) is 7.49. The van der Waals surface area contributed by atoms with Gasteiger partial charge in [-0.2, -0.15) is 0 Å². The van der Waals surface area contributed by atoms with Crippen LogP contribution in [0.15, 0.2) is 0 Å². The van der Waals surface area contributed by atoms with Gasteiger partial charge in [-0.25, -0.2) is 8.78 Å². The van der Waals surface area contributed by atoms with Crippen molar-refractivity contribution in [2.45, 2.75) is 24.6 Å². The molecule has 0 aromatic rings. The van der Waals surface area contributed by atoms with Gasteiger partial charge in [-0.15, -0.1) is 0 Å². The molecular weight excluding hydrogens is 153 g/mol. The highest BCUT2D eigenvalue weighted by atomic mass is 19.3. The Morgan fingerprint density at radius 1 is 1.18 bits per heavy atom. The molecule has 0 spiro atoms. The van der Waals surface area contributed by atoms with Crippen LogP contribution >= 0.6 is 0 Å². The summed E-state index contributed by atoms with van der Waals surface area (Å²) in [4.78, 5) is 0. The second-order valence-electron chi connectivity index (χ2n) is 3.53. The lowest BCUT2D eigenvalue weighted by Gasteiger charge is -2.11. The van der Waals surface area contributed by atoms with Crippen molar-refractivity contribution in [2.75, 3.05) is 0 Å². The Bertz CT molecular complexity index is 171. The summed E-state index contributed by atoms with van der Waals surface area (Å²) in [7, 11) is -1.40. The zero-order chi connectivity index (χ0) is 8.22. The van der Waals surface area contributed by atoms with E-state index in [0.29, 0.717) is 0 Å². The van der Waals surface area contributed by atoms with E-state index in [2.05, 4.69) is 0 Å². The highest BCUT2D eigenvalue weighted by molar-refractivity contribution is 6.43. The van der Waals surface area contributed by atoms with Crippen molar-refractivity contribution >= 4 is 7.12 Å². The fraction of sp³-hybridized carbons (Fsp3) is 1.00. The number of hydrogen-bond acceptors (Lipinski definition) is 2. The van der Waals surface area contributed by atoms with Gasteiger partial charge >= 0.3 is 7.12 Å². The van der Waals surface area contributed by atoms with Gasteiger partial charge in [0, 0.05) is 11.8 Å². The first-order valence-corrected chi connectivity index (χ1v) is 3.77. The molecule has 2 aliphatic carbocycles. The molecule has 0 aliphatic heterocycles. The molecule has 0 aromatic carbocycles. The van der Waals surface area contributed by atoms with Crippen molar-refractivity contribution in [1.82, 2.24) is 0 Å². The van der Waals surface area contributed by atoms with Gasteiger partial charge in [0.1, 0.15) is 0 Å². The Labute approximate surface area is 63.4 Å². The molecule has 2 rings (SSSR count). The Morgan fingerprint density at radius 3 is 2.00 bits per heavy atom. The number of halogens is 2. The zero-order valence-electron chi connectivity index (χ0n) is 5.87. The van der Waals surface area contributed by atoms with E-state index in [-0.39, 0.29) is 18.7 Å². The van der Waals surface area contributed by atoms with Crippen LogP contribution < -0.4 is 0 Å². The van der Waals surface area contributed by atoms with Crippen LogP contribution in [0.2, 0.25) is 5.82 Å². The smallest absolute Gasteiger partial charge is 0.427 e. The fourth-order valence-electron chi connectivity index (χ4n) is 2.10. The lowest BCUT2D eigenvalue weighted by Crippen LogP contribution is -2.21. The van der Waals surface area contributed by atoms with E-state index in [1.807, 2.05) is 0 Å². The molecule has 2 N–H and O–H groups in total. The third-order valence-electron chi connectivity index (χ3n) is 2.90. The molecule has 0 radical (unpaired) electrons. The van der Waals surface area contributed by atoms with Crippen LogP contribution in [0, 0.1) is 11.8 Å². The van der Waals surface area contributed by atoms with Crippen LogP contribution in [0.1, 0.15) is 12.8 Å². The van der Waals surface area contributed by atoms with Gasteiger partial charge in [0.05, 0.1) is 0 Å². The maximum absolute atomic E-state index is 12.5. The number of alkyl halides is 2. The molecular formula is C6H9BF2O2. The van der Waals surface area contributed by atoms with Crippen LogP contribution in [-0.2, 0) is 0 Å². The van der Waals surface area contributed by atoms with Crippen molar-refractivity contribution in [3.8, 4) is 0 Å². The molecule has 62 valence electrons. The lowest BCUT2D eigenvalue weighted by molar-refractivity contribution is 0.0713. The van der Waals surface area contributed by atoms with E-state index in [1.165, 1.54) is 0 Å². The standard InChI is InChI=1S/C6H9BF2O2/c8-6(9)4-1-3(7(10)11)2-5(4)6/h3-5,10-11H,1-2H2. The van der Waals surface area contributed by atoms with Crippen LogP contribution in [0.3, 0.4) is 0 Å². The minimum absolute atomic E-state index is 0.273. The Balaban J connectivity index is 1.95. The first-order chi connectivity index (χ1) is 5.03. The Morgan fingerprint density at radius 2 is 1.64 bits per heavy atom. The summed E-state index contributed by atoms with van der Waals surface area (Å²) in [6, 6.07) is 0. The van der Waals surface area contributed by atoms with Crippen molar-refractivity contribution in [3.63, 3.8) is 0 Å². The normalized spacial score (nSPS) is 45.3. The topological polar surface area (TPSA) is 40.5 Å². The Hall–Kier alpha value is -0.155. The summed E-state index contributed by atoms with van der Waals surface area (Å²) in [6.07, 6.45) is 0.546. The summed E-state index contributed by atoms with van der Waals surface area (Å²) >= 11 is 0. The van der Waals surface area contributed by atoms with Crippen LogP contribution in [0.25, 0.3) is 0 Å². The van der Waals surface area contributed by atoms with E-state index in [1.54, 1.807) is 0 Å². The van der Waals surface area contributed by atoms with Gasteiger partial charge in [-0.3, -0.25) is 0 Å². The predicted octanol–water partition coefficient (Wildman–Crippen LogP) is 0.505. The van der Waals surface area contributed by atoms with E-state index < -0.39 is 24.9 Å². The molecule has 0 amide bonds. The molecule has 2 saturated carbocycles. The summed E-state index contributed by atoms with van der Waals surface area (Å²) in [5.74, 6) is -3.93. The summed E-state index contributed by atoms with van der Waals surface area (Å²) in [5.41, 5.74) is 0. The molecule has 0 saturated heterocycles. The first-order valence-electron chi connectivity index (χ1n) is 3.77. The molecule has 0 bridgehead atoms. The predicted molar refractivity (Wildman–Crippen MR) is 35.1 cm³/mol. The molecule has 0 heterocycles. The number of rotatable bonds is 1. The Kier molecular flexibility index (Phi) is 1.33. The van der Waals surface area contributed by atoms with Crippen molar-refractivity contribution in [2.24, 2.45) is 11.8 Å². The highest BCUT2D eigenvalue weighted by Crippen LogP contribution is 2.67. The molecule has 2 aliphatic rings. The molecule has 2 nitrogen and oxygen atoms in total. The van der Waals surface area contributed by atoms with E-state index in [0.717, 1.165) is 0 Å². The average molecular weight is 162 g/mol. The summed E-state index contributed by atoms with van der Waals surface area (Å²) in [6.45, 7) is 0. The van der Waals surface area contributed by atoms with Crippen LogP contribution in [0.4, 0.5) is 8.78 Å². The third kappa shape index (κ3) is 0.907. The van der Waals surface area contributed by atoms with Crippen molar-refractivity contribution in [1.29, 1.82) is 0 Å². The van der Waals surface area contributed by atoms with E-state index in [9.17, 15) is 8.78 Å². The second-order valence-corrected chi connectivity index (χ2v) is 3.53. The van der Waals surface area contributed by atoms with Crippen molar-refractivity contribution < 1.29 is 18.8 Å². The van der Waals surface area contributed by atoms with Crippen LogP contribution in [-0.4, -0.2) is 23.1 Å². The minimum Gasteiger partial charge on any atom is -0.427 e. The van der Waals surface area contributed by atoms with E-state index >= 15 is 0 Å².